The van der Waals surface area contributed by atoms with E-state index in [1.807, 2.05) is 0 Å². The van der Waals surface area contributed by atoms with Crippen LogP contribution in [-0.2, 0) is 9.16 Å². The molecule has 2 heteroatoms. The van der Waals surface area contributed by atoms with Gasteiger partial charge in [-0.15, -0.1) is 0 Å². The van der Waals surface area contributed by atoms with Gasteiger partial charge in [-0.2, -0.15) is 0 Å². The molecule has 2 nitrogen and oxygen atoms in total. The number of carbonyl (C=O) groups excluding carboxylic acids is 1. The van der Waals surface area contributed by atoms with Crippen molar-refractivity contribution in [2.75, 3.05) is 13.2 Å². The maximum Gasteiger partial charge on any atom is 0.472 e. The average molecular weight is 131 g/mol. The fourth-order valence-electron chi connectivity index (χ4n) is 0.380. The summed E-state index contributed by atoms with van der Waals surface area (Å²) in [5.41, 5.74) is 0. The van der Waals surface area contributed by atoms with E-state index in [2.05, 4.69) is 13.8 Å². The van der Waals surface area contributed by atoms with Crippen LogP contribution in [0.5, 0.6) is 0 Å². The Morgan fingerprint density at radius 3 is 2.67 bits per heavy atom. The van der Waals surface area contributed by atoms with Gasteiger partial charge >= 0.3 is 6.47 Å². The fraction of sp³-hybridized carbons (Fsp3) is 0.857. The van der Waals surface area contributed by atoms with Crippen LogP contribution in [0, 0.1) is 0 Å². The summed E-state index contributed by atoms with van der Waals surface area (Å²) in [6.07, 6.45) is 2.07. The highest BCUT2D eigenvalue weighted by Gasteiger charge is 1.86. The molecule has 0 unspecified atom stereocenters. The maximum atomic E-state index is 4.94. The Kier molecular flexibility index (Phi) is 7.03. The zero-order valence-corrected chi connectivity index (χ0v) is 6.22. The van der Waals surface area contributed by atoms with Crippen LogP contribution < -0.4 is 0 Å². The first kappa shape index (κ1) is 8.47. The number of rotatable bonds is 5. The van der Waals surface area contributed by atoms with Crippen molar-refractivity contribution in [1.82, 2.24) is 0 Å². The van der Waals surface area contributed by atoms with Crippen LogP contribution >= 0.6 is 0 Å². The quantitative estimate of drug-likeness (QED) is 0.315. The van der Waals surface area contributed by atoms with E-state index < -0.39 is 0 Å². The van der Waals surface area contributed by atoms with E-state index >= 15 is 0 Å². The molecule has 54 valence electrons. The van der Waals surface area contributed by atoms with Gasteiger partial charge in [0.05, 0.1) is 0 Å². The van der Waals surface area contributed by atoms with Gasteiger partial charge in [-0.3, -0.25) is 0 Å². The van der Waals surface area contributed by atoms with Crippen molar-refractivity contribution in [1.29, 1.82) is 0 Å². The zero-order chi connectivity index (χ0) is 6.95. The van der Waals surface area contributed by atoms with Crippen molar-refractivity contribution < 1.29 is 9.16 Å². The van der Waals surface area contributed by atoms with Crippen LogP contribution in [0.1, 0.15) is 26.7 Å². The molecule has 0 bridgehead atoms. The Bertz CT molecular complexity index is 69.3. The first-order chi connectivity index (χ1) is 4.41. The summed E-state index contributed by atoms with van der Waals surface area (Å²) in [6.45, 7) is 7.06. The van der Waals surface area contributed by atoms with Gasteiger partial charge in [0.25, 0.3) is 0 Å². The molecule has 9 heavy (non-hydrogen) atoms. The van der Waals surface area contributed by atoms with E-state index in [1.165, 1.54) is 6.47 Å². The van der Waals surface area contributed by atoms with Crippen LogP contribution in [0.25, 0.3) is 0 Å². The average Bonchev–Trinajstić information content (AvgIpc) is 1.89. The van der Waals surface area contributed by atoms with Gasteiger partial charge in [0, 0.05) is 12.8 Å². The maximum absolute atomic E-state index is 4.94. The van der Waals surface area contributed by atoms with Gasteiger partial charge in [-0.25, -0.2) is 0 Å². The number of hydrogen-bond donors (Lipinski definition) is 0. The Morgan fingerprint density at radius 1 is 1.33 bits per heavy atom. The molecule has 0 spiro atoms. The summed E-state index contributed by atoms with van der Waals surface area (Å²) in [7, 11) is 0. The molecule has 0 rings (SSSR count). The zero-order valence-electron chi connectivity index (χ0n) is 6.22. The first-order valence-electron chi connectivity index (χ1n) is 3.46. The first-order valence-corrected chi connectivity index (χ1v) is 3.46. The summed E-state index contributed by atoms with van der Waals surface area (Å²) >= 11 is 0. The molecular weight excluding hydrogens is 116 g/mol. The van der Waals surface area contributed by atoms with E-state index in [1.54, 1.807) is 0 Å². The molecule has 0 aromatic heterocycles. The molecule has 0 radical (unpaired) electrons. The van der Waals surface area contributed by atoms with E-state index in [-0.39, 0.29) is 0 Å². The highest BCUT2D eigenvalue weighted by Crippen LogP contribution is 1.75. The molecule has 0 aromatic carbocycles. The highest BCUT2D eigenvalue weighted by atomic mass is 16.6. The van der Waals surface area contributed by atoms with Crippen LogP contribution in [0.15, 0.2) is 0 Å². The molecule has 0 aliphatic carbocycles. The molecule has 0 aliphatic heterocycles. The summed E-state index contributed by atoms with van der Waals surface area (Å²) in [5.74, 6) is 0. The van der Waals surface area contributed by atoms with Gasteiger partial charge < -0.3 is 9.16 Å². The third-order valence-electron chi connectivity index (χ3n) is 0.780. The van der Waals surface area contributed by atoms with Gasteiger partial charge in [-0.1, -0.05) is 13.8 Å². The Hall–Kier alpha value is -0.530. The lowest BCUT2D eigenvalue weighted by atomic mass is 10.5. The second kappa shape index (κ2) is 7.47. The van der Waals surface area contributed by atoms with Crippen molar-refractivity contribution in [3.05, 3.63) is 0 Å². The number of hydrogen-bond acceptors (Lipinski definition) is 1. The van der Waals surface area contributed by atoms with Crippen molar-refractivity contribution >= 4 is 6.47 Å². The monoisotopic (exact) mass is 131 g/mol. The van der Waals surface area contributed by atoms with Crippen molar-refractivity contribution in [2.24, 2.45) is 0 Å². The topological polar surface area (TPSA) is 20.5 Å². The minimum Gasteiger partial charge on any atom is -0.324 e. The van der Waals surface area contributed by atoms with E-state index in [0.29, 0.717) is 0 Å². The molecule has 0 saturated carbocycles. The second-order valence-corrected chi connectivity index (χ2v) is 1.84. The largest absolute Gasteiger partial charge is 0.472 e. The third-order valence-corrected chi connectivity index (χ3v) is 0.780. The summed E-state index contributed by atoms with van der Waals surface area (Å²) in [5, 5.41) is 0. The highest BCUT2D eigenvalue weighted by molar-refractivity contribution is 5.37. The van der Waals surface area contributed by atoms with Gasteiger partial charge in [0.2, 0.25) is 0 Å². The Labute approximate surface area is 56.5 Å². The minimum atomic E-state index is 0.754. The number of ether oxygens (including phenoxy) is 1. The molecule has 0 heterocycles. The Morgan fingerprint density at radius 2 is 2.11 bits per heavy atom. The summed E-state index contributed by atoms with van der Waals surface area (Å²) in [4.78, 5) is 0. The van der Waals surface area contributed by atoms with E-state index in [0.717, 1.165) is 26.1 Å². The summed E-state index contributed by atoms with van der Waals surface area (Å²) in [6, 6.07) is 0. The standard InChI is InChI=1S/C7H15O2/c1-3-5-8-7-9-6-4-2/h7H,3-6H2,1-2H3/q+1. The minimum absolute atomic E-state index is 0.754. The second-order valence-electron chi connectivity index (χ2n) is 1.84. The SMILES string of the molecule is CCCOC=[O+]CCC. The van der Waals surface area contributed by atoms with Gasteiger partial charge in [0.1, 0.15) is 0 Å². The third kappa shape index (κ3) is 7.47. The molecule has 0 aromatic rings. The van der Waals surface area contributed by atoms with Gasteiger partial charge in [-0.05, 0) is 0 Å². The molecule has 0 atom stereocenters. The molecule has 0 aliphatic rings. The van der Waals surface area contributed by atoms with Gasteiger partial charge in [0.15, 0.2) is 13.2 Å². The smallest absolute Gasteiger partial charge is 0.324 e. The molecule has 0 amide bonds. The van der Waals surface area contributed by atoms with Crippen LogP contribution in [0.3, 0.4) is 0 Å². The van der Waals surface area contributed by atoms with Crippen LogP contribution in [0.2, 0.25) is 0 Å². The van der Waals surface area contributed by atoms with E-state index in [9.17, 15) is 0 Å². The molecule has 0 fully saturated rings. The predicted octanol–water partition coefficient (Wildman–Crippen LogP) is 1.52. The lowest BCUT2D eigenvalue weighted by molar-refractivity contribution is -0.461. The van der Waals surface area contributed by atoms with Crippen LogP contribution in [-0.4, -0.2) is 19.7 Å². The molecule has 0 saturated heterocycles. The van der Waals surface area contributed by atoms with Crippen molar-refractivity contribution in [3.63, 3.8) is 0 Å². The fourth-order valence-corrected chi connectivity index (χ4v) is 0.380. The van der Waals surface area contributed by atoms with Crippen molar-refractivity contribution in [3.8, 4) is 0 Å². The molecular formula is C7H15O2+. The normalized spacial score (nSPS) is 10.4. The predicted molar refractivity (Wildman–Crippen MR) is 37.5 cm³/mol. The van der Waals surface area contributed by atoms with Crippen molar-refractivity contribution in [2.45, 2.75) is 26.7 Å². The van der Waals surface area contributed by atoms with Crippen LogP contribution in [0.4, 0.5) is 0 Å². The Balaban J connectivity index is 2.86. The summed E-state index contributed by atoms with van der Waals surface area (Å²) < 4.78 is 9.88. The lowest BCUT2D eigenvalue weighted by Crippen LogP contribution is -1.92. The van der Waals surface area contributed by atoms with E-state index in [4.69, 9.17) is 9.16 Å². The molecule has 0 N–H and O–H groups in total. The lowest BCUT2D eigenvalue weighted by Gasteiger charge is -1.81.